The third kappa shape index (κ3) is 3.99. The minimum atomic E-state index is 0.564. The molecule has 7 nitrogen and oxygen atoms in total. The van der Waals surface area contributed by atoms with E-state index < -0.39 is 0 Å². The van der Waals surface area contributed by atoms with Gasteiger partial charge in [0.15, 0.2) is 11.0 Å². The Balaban J connectivity index is 1.41. The third-order valence-electron chi connectivity index (χ3n) is 5.08. The lowest BCUT2D eigenvalue weighted by Crippen LogP contribution is -2.31. The second kappa shape index (κ2) is 8.61. The van der Waals surface area contributed by atoms with E-state index in [0.29, 0.717) is 17.5 Å². The van der Waals surface area contributed by atoms with Gasteiger partial charge < -0.3 is 9.42 Å². The number of aromatic nitrogens is 5. The molecule has 1 aromatic carbocycles. The van der Waals surface area contributed by atoms with Gasteiger partial charge in [-0.15, -0.1) is 21.5 Å². The average molecular weight is 439 g/mol. The molecule has 0 bridgehead atoms. The number of aryl methyl sites for hydroxylation is 1. The minimum absolute atomic E-state index is 0.564. The number of anilines is 1. The summed E-state index contributed by atoms with van der Waals surface area (Å²) in [5, 5.41) is 16.0. The molecule has 0 saturated carbocycles. The number of benzene rings is 1. The van der Waals surface area contributed by atoms with E-state index in [2.05, 4.69) is 61.0 Å². The molecule has 0 aliphatic carbocycles. The van der Waals surface area contributed by atoms with E-state index in [1.165, 1.54) is 24.8 Å². The molecule has 1 saturated heterocycles. The van der Waals surface area contributed by atoms with Gasteiger partial charge in [0.25, 0.3) is 5.89 Å². The standard InChI is InChI=1S/C21H22N6OS2/c1-15-7-9-16(10-8-15)27-20(26-11-3-2-4-12-26)23-24-21(27)30-14-18-22-19(28-25-18)17-6-5-13-29-17/h5-10,13H,2-4,11-12,14H2,1H3. The number of nitrogens with zero attached hydrogens (tertiary/aromatic N) is 6. The summed E-state index contributed by atoms with van der Waals surface area (Å²) in [6, 6.07) is 12.4. The Hall–Kier alpha value is -2.65. The predicted octanol–water partition coefficient (Wildman–Crippen LogP) is 4.97. The molecule has 0 N–H and O–H groups in total. The molecule has 3 aromatic heterocycles. The van der Waals surface area contributed by atoms with E-state index in [1.54, 1.807) is 23.1 Å². The molecule has 0 spiro atoms. The number of piperidine rings is 1. The fourth-order valence-corrected chi connectivity index (χ4v) is 4.95. The molecule has 4 aromatic rings. The first kappa shape index (κ1) is 19.3. The molecular weight excluding hydrogens is 416 g/mol. The van der Waals surface area contributed by atoms with Crippen molar-refractivity contribution < 1.29 is 4.52 Å². The van der Waals surface area contributed by atoms with Crippen molar-refractivity contribution in [1.82, 2.24) is 24.9 Å². The van der Waals surface area contributed by atoms with Gasteiger partial charge in [-0.2, -0.15) is 4.98 Å². The van der Waals surface area contributed by atoms with Gasteiger partial charge in [-0.3, -0.25) is 4.57 Å². The van der Waals surface area contributed by atoms with Crippen LogP contribution in [0.4, 0.5) is 5.95 Å². The molecule has 1 aliphatic rings. The van der Waals surface area contributed by atoms with Crippen molar-refractivity contribution in [3.8, 4) is 16.5 Å². The number of hydrogen-bond donors (Lipinski definition) is 0. The van der Waals surface area contributed by atoms with E-state index in [0.717, 1.165) is 34.8 Å². The SMILES string of the molecule is Cc1ccc(-n2c(SCc3noc(-c4cccs4)n3)nnc2N2CCCCC2)cc1. The minimum Gasteiger partial charge on any atom is -0.341 e. The zero-order valence-corrected chi connectivity index (χ0v) is 18.3. The van der Waals surface area contributed by atoms with Crippen molar-refractivity contribution in [2.75, 3.05) is 18.0 Å². The molecule has 1 aliphatic heterocycles. The summed E-state index contributed by atoms with van der Waals surface area (Å²) in [6.45, 7) is 4.13. The highest BCUT2D eigenvalue weighted by Gasteiger charge is 2.22. The monoisotopic (exact) mass is 438 g/mol. The van der Waals surface area contributed by atoms with Crippen LogP contribution >= 0.6 is 23.1 Å². The van der Waals surface area contributed by atoms with Crippen LogP contribution in [0.15, 0.2) is 51.5 Å². The van der Waals surface area contributed by atoms with Gasteiger partial charge >= 0.3 is 0 Å². The third-order valence-corrected chi connectivity index (χ3v) is 6.86. The maximum Gasteiger partial charge on any atom is 0.268 e. The second-order valence-corrected chi connectivity index (χ2v) is 9.17. The topological polar surface area (TPSA) is 72.9 Å². The summed E-state index contributed by atoms with van der Waals surface area (Å²) in [5.74, 6) is 2.70. The van der Waals surface area contributed by atoms with Gasteiger partial charge in [0, 0.05) is 13.1 Å². The Morgan fingerprint density at radius 2 is 1.90 bits per heavy atom. The van der Waals surface area contributed by atoms with Crippen molar-refractivity contribution in [3.63, 3.8) is 0 Å². The largest absolute Gasteiger partial charge is 0.341 e. The predicted molar refractivity (Wildman–Crippen MR) is 119 cm³/mol. The molecular formula is C21H22N6OS2. The summed E-state index contributed by atoms with van der Waals surface area (Å²) in [7, 11) is 0. The molecule has 0 amide bonds. The van der Waals surface area contributed by atoms with E-state index in [-0.39, 0.29) is 0 Å². The van der Waals surface area contributed by atoms with E-state index in [4.69, 9.17) is 4.52 Å². The summed E-state index contributed by atoms with van der Waals surface area (Å²) in [5.41, 5.74) is 2.30. The molecule has 0 unspecified atom stereocenters. The van der Waals surface area contributed by atoms with Gasteiger partial charge in [-0.1, -0.05) is 40.7 Å². The molecule has 4 heterocycles. The number of hydrogen-bond acceptors (Lipinski definition) is 8. The van der Waals surface area contributed by atoms with Crippen LogP contribution in [0, 0.1) is 6.92 Å². The van der Waals surface area contributed by atoms with Crippen LogP contribution in [0.25, 0.3) is 16.5 Å². The highest BCUT2D eigenvalue weighted by Crippen LogP contribution is 2.30. The normalized spacial score (nSPS) is 14.4. The molecule has 9 heteroatoms. The first-order valence-electron chi connectivity index (χ1n) is 10.0. The molecule has 154 valence electrons. The highest BCUT2D eigenvalue weighted by atomic mass is 32.2. The van der Waals surface area contributed by atoms with Crippen molar-refractivity contribution in [2.24, 2.45) is 0 Å². The fourth-order valence-electron chi connectivity index (χ4n) is 3.52. The molecule has 30 heavy (non-hydrogen) atoms. The summed E-state index contributed by atoms with van der Waals surface area (Å²) in [6.07, 6.45) is 3.66. The number of thioether (sulfide) groups is 1. The van der Waals surface area contributed by atoms with Crippen molar-refractivity contribution in [3.05, 3.63) is 53.2 Å². The van der Waals surface area contributed by atoms with Crippen LogP contribution < -0.4 is 4.90 Å². The smallest absolute Gasteiger partial charge is 0.268 e. The summed E-state index contributed by atoms with van der Waals surface area (Å²) < 4.78 is 7.56. The quantitative estimate of drug-likeness (QED) is 0.394. The van der Waals surface area contributed by atoms with E-state index in [1.807, 2.05) is 17.5 Å². The Kier molecular flexibility index (Phi) is 5.54. The van der Waals surface area contributed by atoms with Crippen LogP contribution in [0.5, 0.6) is 0 Å². The van der Waals surface area contributed by atoms with Crippen molar-refractivity contribution in [1.29, 1.82) is 0 Å². The van der Waals surface area contributed by atoms with E-state index >= 15 is 0 Å². The molecule has 5 rings (SSSR count). The van der Waals surface area contributed by atoms with Crippen LogP contribution in [0.1, 0.15) is 30.7 Å². The number of thiophene rings is 1. The van der Waals surface area contributed by atoms with Gasteiger partial charge in [-0.25, -0.2) is 0 Å². The Labute approximate surface area is 183 Å². The first-order chi connectivity index (χ1) is 14.8. The van der Waals surface area contributed by atoms with Crippen LogP contribution in [0.3, 0.4) is 0 Å². The van der Waals surface area contributed by atoms with Crippen molar-refractivity contribution >= 4 is 29.0 Å². The summed E-state index contributed by atoms with van der Waals surface area (Å²) >= 11 is 3.16. The summed E-state index contributed by atoms with van der Waals surface area (Å²) in [4.78, 5) is 7.84. The molecule has 1 fully saturated rings. The molecule has 0 atom stereocenters. The zero-order valence-electron chi connectivity index (χ0n) is 16.7. The Morgan fingerprint density at radius 1 is 1.07 bits per heavy atom. The fraction of sp³-hybridized carbons (Fsp3) is 0.333. The Bertz CT molecular complexity index is 1100. The average Bonchev–Trinajstić information content (AvgIpc) is 3.53. The second-order valence-electron chi connectivity index (χ2n) is 7.28. The lowest BCUT2D eigenvalue weighted by Gasteiger charge is -2.27. The van der Waals surface area contributed by atoms with Gasteiger partial charge in [0.05, 0.1) is 16.3 Å². The highest BCUT2D eigenvalue weighted by molar-refractivity contribution is 7.98. The lowest BCUT2D eigenvalue weighted by molar-refractivity contribution is 0.426. The molecule has 0 radical (unpaired) electrons. The first-order valence-corrected chi connectivity index (χ1v) is 11.9. The lowest BCUT2D eigenvalue weighted by atomic mass is 10.1. The van der Waals surface area contributed by atoms with Crippen LogP contribution in [-0.2, 0) is 5.75 Å². The van der Waals surface area contributed by atoms with Gasteiger partial charge in [0.1, 0.15) is 0 Å². The van der Waals surface area contributed by atoms with Gasteiger partial charge in [-0.05, 0) is 49.8 Å². The van der Waals surface area contributed by atoms with Crippen LogP contribution in [0.2, 0.25) is 0 Å². The van der Waals surface area contributed by atoms with Gasteiger partial charge in [0.2, 0.25) is 5.95 Å². The van der Waals surface area contributed by atoms with Crippen molar-refractivity contribution in [2.45, 2.75) is 37.1 Å². The zero-order chi connectivity index (χ0) is 20.3. The van der Waals surface area contributed by atoms with E-state index in [9.17, 15) is 0 Å². The maximum absolute atomic E-state index is 5.41. The number of rotatable bonds is 6. The Morgan fingerprint density at radius 3 is 2.67 bits per heavy atom. The van der Waals surface area contributed by atoms with Crippen LogP contribution in [-0.4, -0.2) is 38.0 Å². The maximum atomic E-state index is 5.41.